The van der Waals surface area contributed by atoms with Crippen LogP contribution in [0.3, 0.4) is 0 Å². The lowest BCUT2D eigenvalue weighted by Gasteiger charge is -2.09. The molecule has 0 spiro atoms. The van der Waals surface area contributed by atoms with E-state index >= 15 is 0 Å². The Morgan fingerprint density at radius 3 is 2.85 bits per heavy atom. The molecule has 0 aliphatic heterocycles. The molecule has 2 rings (SSSR count). The number of rotatable bonds is 4. The molecule has 1 aromatic carbocycles. The summed E-state index contributed by atoms with van der Waals surface area (Å²) in [4.78, 5) is 26.2. The first-order valence-electron chi connectivity index (χ1n) is 5.39. The molecule has 2 amide bonds. The standard InChI is InChI=1S/C11H9FN4O4/c12-6-1-2-7(10(17)18)8(3-6)15-11(19)13-4-9-14-5-20-16-9/h1-3,5H,4H2,(H,17,18)(H2,13,15,19). The predicted molar refractivity (Wildman–Crippen MR) is 63.5 cm³/mol. The van der Waals surface area contributed by atoms with Crippen molar-refractivity contribution in [3.8, 4) is 0 Å². The van der Waals surface area contributed by atoms with Gasteiger partial charge in [0.1, 0.15) is 5.82 Å². The van der Waals surface area contributed by atoms with Gasteiger partial charge >= 0.3 is 12.0 Å². The summed E-state index contributed by atoms with van der Waals surface area (Å²) in [6, 6.07) is 2.25. The first kappa shape index (κ1) is 13.5. The van der Waals surface area contributed by atoms with Crippen LogP contribution in [0.2, 0.25) is 0 Å². The number of benzene rings is 1. The number of carboxylic acids is 1. The maximum absolute atomic E-state index is 13.1. The zero-order chi connectivity index (χ0) is 14.5. The first-order valence-corrected chi connectivity index (χ1v) is 5.39. The molecule has 20 heavy (non-hydrogen) atoms. The number of hydrogen-bond donors (Lipinski definition) is 3. The molecule has 2 aromatic rings. The van der Waals surface area contributed by atoms with Crippen molar-refractivity contribution in [3.63, 3.8) is 0 Å². The second kappa shape index (κ2) is 5.78. The van der Waals surface area contributed by atoms with E-state index in [2.05, 4.69) is 25.3 Å². The number of nitrogens with zero attached hydrogens (tertiary/aromatic N) is 2. The van der Waals surface area contributed by atoms with Gasteiger partial charge in [0.15, 0.2) is 5.82 Å². The molecule has 0 atom stereocenters. The number of nitrogens with one attached hydrogen (secondary N) is 2. The summed E-state index contributed by atoms with van der Waals surface area (Å²) in [5.41, 5.74) is -0.371. The van der Waals surface area contributed by atoms with Gasteiger partial charge in [0, 0.05) is 0 Å². The lowest BCUT2D eigenvalue weighted by Crippen LogP contribution is -2.29. The first-order chi connectivity index (χ1) is 9.56. The molecule has 0 saturated heterocycles. The molecule has 0 unspecified atom stereocenters. The molecule has 0 aliphatic rings. The Morgan fingerprint density at radius 2 is 2.20 bits per heavy atom. The highest BCUT2D eigenvalue weighted by molar-refractivity contribution is 5.99. The third-order valence-electron chi connectivity index (χ3n) is 2.27. The second-order valence-corrected chi connectivity index (χ2v) is 3.65. The summed E-state index contributed by atoms with van der Waals surface area (Å²) in [6.45, 7) is -0.0138. The van der Waals surface area contributed by atoms with Crippen molar-refractivity contribution < 1.29 is 23.6 Å². The van der Waals surface area contributed by atoms with Gasteiger partial charge in [-0.2, -0.15) is 4.98 Å². The molecule has 1 heterocycles. The van der Waals surface area contributed by atoms with Crippen molar-refractivity contribution in [1.29, 1.82) is 0 Å². The van der Waals surface area contributed by atoms with E-state index in [1.54, 1.807) is 0 Å². The molecule has 8 nitrogen and oxygen atoms in total. The number of carboxylic acid groups (broad SMARTS) is 1. The van der Waals surface area contributed by atoms with Crippen molar-refractivity contribution >= 4 is 17.7 Å². The number of urea groups is 1. The normalized spacial score (nSPS) is 10.1. The molecule has 0 aliphatic carbocycles. The van der Waals surface area contributed by atoms with Gasteiger partial charge in [0.2, 0.25) is 6.39 Å². The number of anilines is 1. The zero-order valence-electron chi connectivity index (χ0n) is 9.96. The highest BCUT2D eigenvalue weighted by atomic mass is 19.1. The fraction of sp³-hybridized carbons (Fsp3) is 0.0909. The molecule has 0 radical (unpaired) electrons. The Hall–Kier alpha value is -2.97. The minimum Gasteiger partial charge on any atom is -0.478 e. The Labute approximate surface area is 111 Å². The van der Waals surface area contributed by atoms with Gasteiger partial charge in [-0.05, 0) is 18.2 Å². The topological polar surface area (TPSA) is 117 Å². The molecule has 1 aromatic heterocycles. The van der Waals surface area contributed by atoms with Crippen LogP contribution in [-0.4, -0.2) is 27.2 Å². The van der Waals surface area contributed by atoms with Crippen LogP contribution in [0.5, 0.6) is 0 Å². The number of carbonyl (C=O) groups is 2. The van der Waals surface area contributed by atoms with E-state index in [-0.39, 0.29) is 23.6 Å². The minimum atomic E-state index is -1.28. The summed E-state index contributed by atoms with van der Waals surface area (Å²) < 4.78 is 17.5. The summed E-state index contributed by atoms with van der Waals surface area (Å²) in [7, 11) is 0. The Morgan fingerprint density at radius 1 is 1.40 bits per heavy atom. The van der Waals surface area contributed by atoms with Crippen LogP contribution >= 0.6 is 0 Å². The molecule has 0 fully saturated rings. The highest BCUT2D eigenvalue weighted by Crippen LogP contribution is 2.17. The fourth-order valence-corrected chi connectivity index (χ4v) is 1.40. The molecular weight excluding hydrogens is 271 g/mol. The number of aromatic nitrogens is 2. The molecule has 0 bridgehead atoms. The number of amides is 2. The van der Waals surface area contributed by atoms with Crippen LogP contribution in [0.15, 0.2) is 29.1 Å². The third-order valence-corrected chi connectivity index (χ3v) is 2.27. The van der Waals surface area contributed by atoms with Gasteiger partial charge in [0.05, 0.1) is 17.8 Å². The Kier molecular flexibility index (Phi) is 3.89. The number of carbonyl (C=O) groups excluding carboxylic acids is 1. The van der Waals surface area contributed by atoms with Gasteiger partial charge in [-0.1, -0.05) is 5.16 Å². The van der Waals surface area contributed by atoms with E-state index in [0.717, 1.165) is 24.6 Å². The van der Waals surface area contributed by atoms with E-state index in [1.807, 2.05) is 0 Å². The van der Waals surface area contributed by atoms with E-state index in [0.29, 0.717) is 0 Å². The minimum absolute atomic E-state index is 0.0138. The smallest absolute Gasteiger partial charge is 0.337 e. The molecule has 104 valence electrons. The zero-order valence-corrected chi connectivity index (χ0v) is 9.96. The lowest BCUT2D eigenvalue weighted by molar-refractivity contribution is 0.0698. The molecule has 3 N–H and O–H groups in total. The van der Waals surface area contributed by atoms with Gasteiger partial charge in [0.25, 0.3) is 0 Å². The summed E-state index contributed by atoms with van der Waals surface area (Å²) in [5, 5.41) is 17.0. The Bertz CT molecular complexity index is 629. The second-order valence-electron chi connectivity index (χ2n) is 3.65. The summed E-state index contributed by atoms with van der Waals surface area (Å²) in [5.74, 6) is -1.69. The van der Waals surface area contributed by atoms with Gasteiger partial charge < -0.3 is 20.3 Å². The van der Waals surface area contributed by atoms with Gasteiger partial charge in [-0.25, -0.2) is 14.0 Å². The number of hydrogen-bond acceptors (Lipinski definition) is 5. The van der Waals surface area contributed by atoms with Crippen LogP contribution in [-0.2, 0) is 6.54 Å². The SMILES string of the molecule is O=C(NCc1ncon1)Nc1cc(F)ccc1C(=O)O. The van der Waals surface area contributed by atoms with Crippen LogP contribution in [0.4, 0.5) is 14.9 Å². The van der Waals surface area contributed by atoms with Crippen molar-refractivity contribution in [1.82, 2.24) is 15.5 Å². The van der Waals surface area contributed by atoms with E-state index in [4.69, 9.17) is 5.11 Å². The third kappa shape index (κ3) is 3.28. The van der Waals surface area contributed by atoms with Gasteiger partial charge in [-0.3, -0.25) is 0 Å². The van der Waals surface area contributed by atoms with E-state index in [9.17, 15) is 14.0 Å². The number of halogens is 1. The summed E-state index contributed by atoms with van der Waals surface area (Å²) in [6.07, 6.45) is 1.10. The number of aromatic carboxylic acids is 1. The quantitative estimate of drug-likeness (QED) is 0.775. The highest BCUT2D eigenvalue weighted by Gasteiger charge is 2.13. The van der Waals surface area contributed by atoms with Crippen LogP contribution in [0.1, 0.15) is 16.2 Å². The van der Waals surface area contributed by atoms with Crippen LogP contribution < -0.4 is 10.6 Å². The van der Waals surface area contributed by atoms with Crippen LogP contribution in [0.25, 0.3) is 0 Å². The van der Waals surface area contributed by atoms with Crippen molar-refractivity contribution in [2.24, 2.45) is 0 Å². The van der Waals surface area contributed by atoms with Crippen molar-refractivity contribution in [3.05, 3.63) is 41.8 Å². The van der Waals surface area contributed by atoms with Gasteiger partial charge in [-0.15, -0.1) is 0 Å². The molecule has 0 saturated carbocycles. The van der Waals surface area contributed by atoms with E-state index in [1.165, 1.54) is 0 Å². The van der Waals surface area contributed by atoms with Crippen molar-refractivity contribution in [2.45, 2.75) is 6.54 Å². The largest absolute Gasteiger partial charge is 0.478 e. The summed E-state index contributed by atoms with van der Waals surface area (Å²) >= 11 is 0. The predicted octanol–water partition coefficient (Wildman–Crippen LogP) is 1.23. The average molecular weight is 280 g/mol. The monoisotopic (exact) mass is 280 g/mol. The Balaban J connectivity index is 2.03. The molecular formula is C11H9FN4O4. The maximum atomic E-state index is 13.1. The maximum Gasteiger partial charge on any atom is 0.337 e. The lowest BCUT2D eigenvalue weighted by atomic mass is 10.2. The fourth-order valence-electron chi connectivity index (χ4n) is 1.40. The van der Waals surface area contributed by atoms with E-state index < -0.39 is 17.8 Å². The average Bonchev–Trinajstić information content (AvgIpc) is 2.89. The molecule has 9 heteroatoms. The van der Waals surface area contributed by atoms with Crippen molar-refractivity contribution in [2.75, 3.05) is 5.32 Å². The van der Waals surface area contributed by atoms with Crippen LogP contribution in [0, 0.1) is 5.82 Å².